The fourth-order valence-electron chi connectivity index (χ4n) is 3.64. The molecular formula is C25H24N2O3S. The molecular weight excluding hydrogens is 408 g/mol. The summed E-state index contributed by atoms with van der Waals surface area (Å²) in [7, 11) is 0. The van der Waals surface area contributed by atoms with Crippen LogP contribution in [-0.2, 0) is 21.5 Å². The smallest absolute Gasteiger partial charge is 0.331 e. The first-order valence-electron chi connectivity index (χ1n) is 10.2. The van der Waals surface area contributed by atoms with E-state index in [0.29, 0.717) is 22.5 Å². The minimum Gasteiger partial charge on any atom is -0.464 e. The van der Waals surface area contributed by atoms with Crippen molar-refractivity contribution in [3.63, 3.8) is 0 Å². The number of benzene rings is 2. The average molecular weight is 433 g/mol. The molecule has 0 aliphatic rings. The monoisotopic (exact) mass is 432 g/mol. The van der Waals surface area contributed by atoms with Crippen molar-refractivity contribution in [1.29, 1.82) is 0 Å². The van der Waals surface area contributed by atoms with Crippen LogP contribution in [0.15, 0.2) is 71.5 Å². The van der Waals surface area contributed by atoms with E-state index in [1.54, 1.807) is 20.8 Å². The summed E-state index contributed by atoms with van der Waals surface area (Å²) >= 11 is 1.49. The van der Waals surface area contributed by atoms with Gasteiger partial charge in [-0.15, -0.1) is 11.3 Å². The third kappa shape index (κ3) is 4.03. The number of rotatable bonds is 6. The topological polar surface area (TPSA) is 61.2 Å². The van der Waals surface area contributed by atoms with Gasteiger partial charge < -0.3 is 4.74 Å². The number of fused-ring (bicyclic) bond motifs is 1. The van der Waals surface area contributed by atoms with Gasteiger partial charge in [0, 0.05) is 11.3 Å². The number of thiophene rings is 1. The SMILES string of the molecule is CCOC(=O)C(C)(C)n1c(Cc2ccccc2)nc2sc(-c3ccccc3)cc2c1=O. The Kier molecular flexibility index (Phi) is 5.74. The maximum Gasteiger partial charge on any atom is 0.331 e. The van der Waals surface area contributed by atoms with Crippen LogP contribution in [-0.4, -0.2) is 22.1 Å². The molecule has 0 saturated carbocycles. The van der Waals surface area contributed by atoms with E-state index < -0.39 is 11.5 Å². The van der Waals surface area contributed by atoms with Gasteiger partial charge in [0.1, 0.15) is 16.2 Å². The van der Waals surface area contributed by atoms with E-state index in [-0.39, 0.29) is 12.2 Å². The van der Waals surface area contributed by atoms with Crippen molar-refractivity contribution in [2.45, 2.75) is 32.7 Å². The van der Waals surface area contributed by atoms with E-state index in [4.69, 9.17) is 9.72 Å². The van der Waals surface area contributed by atoms with Gasteiger partial charge in [-0.05, 0) is 38.0 Å². The van der Waals surface area contributed by atoms with Gasteiger partial charge in [0.15, 0.2) is 0 Å². The summed E-state index contributed by atoms with van der Waals surface area (Å²) in [5.74, 6) is 0.0919. The van der Waals surface area contributed by atoms with E-state index >= 15 is 0 Å². The molecule has 0 atom stereocenters. The molecule has 2 aromatic carbocycles. The molecule has 4 aromatic rings. The van der Waals surface area contributed by atoms with E-state index in [9.17, 15) is 9.59 Å². The van der Waals surface area contributed by atoms with Crippen molar-refractivity contribution in [3.05, 3.63) is 88.5 Å². The number of nitrogens with zero attached hydrogens (tertiary/aromatic N) is 2. The third-order valence-corrected chi connectivity index (χ3v) is 6.31. The molecule has 0 saturated heterocycles. The van der Waals surface area contributed by atoms with Crippen molar-refractivity contribution in [2.24, 2.45) is 0 Å². The summed E-state index contributed by atoms with van der Waals surface area (Å²) < 4.78 is 6.79. The fraction of sp³-hybridized carbons (Fsp3) is 0.240. The van der Waals surface area contributed by atoms with Crippen molar-refractivity contribution in [1.82, 2.24) is 9.55 Å². The van der Waals surface area contributed by atoms with Gasteiger partial charge in [-0.1, -0.05) is 60.7 Å². The minimum absolute atomic E-state index is 0.229. The quantitative estimate of drug-likeness (QED) is 0.402. The number of esters is 1. The number of carbonyl (C=O) groups is 1. The molecule has 0 amide bonds. The highest BCUT2D eigenvalue weighted by molar-refractivity contribution is 7.21. The zero-order chi connectivity index (χ0) is 22.0. The van der Waals surface area contributed by atoms with Crippen LogP contribution in [0.2, 0.25) is 0 Å². The Balaban J connectivity index is 1.93. The third-order valence-electron chi connectivity index (χ3n) is 5.23. The molecule has 31 heavy (non-hydrogen) atoms. The molecule has 0 N–H and O–H groups in total. The van der Waals surface area contributed by atoms with Crippen molar-refractivity contribution < 1.29 is 9.53 Å². The summed E-state index contributed by atoms with van der Waals surface area (Å²) in [6.45, 7) is 5.42. The van der Waals surface area contributed by atoms with Crippen LogP contribution in [0.5, 0.6) is 0 Å². The predicted octanol–water partition coefficient (Wildman–Crippen LogP) is 5.01. The van der Waals surface area contributed by atoms with E-state index in [2.05, 4.69) is 0 Å². The lowest BCUT2D eigenvalue weighted by Gasteiger charge is -2.27. The van der Waals surface area contributed by atoms with Gasteiger partial charge in [0.25, 0.3) is 5.56 Å². The Morgan fingerprint density at radius 3 is 2.35 bits per heavy atom. The molecule has 158 valence electrons. The first-order chi connectivity index (χ1) is 14.9. The zero-order valence-corrected chi connectivity index (χ0v) is 18.6. The molecule has 5 nitrogen and oxygen atoms in total. The molecule has 2 aromatic heterocycles. The maximum atomic E-state index is 13.7. The Morgan fingerprint density at radius 2 is 1.71 bits per heavy atom. The average Bonchev–Trinajstić information content (AvgIpc) is 3.20. The Hall–Kier alpha value is -3.25. The number of ether oxygens (including phenoxy) is 1. The van der Waals surface area contributed by atoms with Crippen molar-refractivity contribution >= 4 is 27.5 Å². The Labute approximate surface area is 185 Å². The fourth-order valence-corrected chi connectivity index (χ4v) is 4.69. The Bertz CT molecular complexity index is 1270. The summed E-state index contributed by atoms with van der Waals surface area (Å²) in [6, 6.07) is 21.6. The van der Waals surface area contributed by atoms with Crippen LogP contribution in [0, 0.1) is 0 Å². The lowest BCUT2D eigenvalue weighted by molar-refractivity contribution is -0.152. The maximum absolute atomic E-state index is 13.7. The highest BCUT2D eigenvalue weighted by atomic mass is 32.1. The van der Waals surface area contributed by atoms with Gasteiger partial charge >= 0.3 is 5.97 Å². The van der Waals surface area contributed by atoms with Gasteiger partial charge in [-0.25, -0.2) is 9.78 Å². The van der Waals surface area contributed by atoms with Gasteiger partial charge in [-0.3, -0.25) is 9.36 Å². The van der Waals surface area contributed by atoms with E-state index in [1.165, 1.54) is 15.9 Å². The van der Waals surface area contributed by atoms with Crippen molar-refractivity contribution in [2.75, 3.05) is 6.61 Å². The second kappa shape index (κ2) is 8.47. The molecule has 0 spiro atoms. The van der Waals surface area contributed by atoms with Crippen LogP contribution >= 0.6 is 11.3 Å². The van der Waals surface area contributed by atoms with Gasteiger partial charge in [0.05, 0.1) is 12.0 Å². The molecule has 6 heteroatoms. The minimum atomic E-state index is -1.19. The number of hydrogen-bond acceptors (Lipinski definition) is 5. The zero-order valence-electron chi connectivity index (χ0n) is 17.8. The first-order valence-corrected chi connectivity index (χ1v) is 11.1. The highest BCUT2D eigenvalue weighted by Gasteiger charge is 2.35. The molecule has 0 aliphatic carbocycles. The summed E-state index contributed by atoms with van der Waals surface area (Å²) in [5, 5.41) is 0.512. The summed E-state index contributed by atoms with van der Waals surface area (Å²) in [5.41, 5.74) is 0.632. The normalized spacial score (nSPS) is 11.6. The molecule has 4 rings (SSSR count). The summed E-state index contributed by atoms with van der Waals surface area (Å²) in [4.78, 5) is 32.9. The van der Waals surface area contributed by atoms with Crippen LogP contribution in [0.25, 0.3) is 20.7 Å². The first kappa shape index (κ1) is 21.0. The van der Waals surface area contributed by atoms with Gasteiger partial charge in [-0.2, -0.15) is 0 Å². The van der Waals surface area contributed by atoms with Gasteiger partial charge in [0.2, 0.25) is 0 Å². The standard InChI is InChI=1S/C25H24N2O3S/c1-4-30-24(29)25(2,3)27-21(15-17-11-7-5-8-12-17)26-22-19(23(27)28)16-20(31-22)18-13-9-6-10-14-18/h5-14,16H,4,15H2,1-3H3. The van der Waals surface area contributed by atoms with Crippen LogP contribution in [0.4, 0.5) is 0 Å². The second-order valence-electron chi connectivity index (χ2n) is 7.81. The van der Waals surface area contributed by atoms with Crippen LogP contribution in [0.3, 0.4) is 0 Å². The highest BCUT2D eigenvalue weighted by Crippen LogP contribution is 2.32. The molecule has 0 radical (unpaired) electrons. The lowest BCUT2D eigenvalue weighted by Crippen LogP contribution is -2.45. The second-order valence-corrected chi connectivity index (χ2v) is 8.84. The molecule has 2 heterocycles. The number of aromatic nitrogens is 2. The molecule has 0 bridgehead atoms. The molecule has 0 aliphatic heterocycles. The Morgan fingerprint density at radius 1 is 1.06 bits per heavy atom. The van der Waals surface area contributed by atoms with Crippen molar-refractivity contribution in [3.8, 4) is 10.4 Å². The van der Waals surface area contributed by atoms with E-state index in [0.717, 1.165) is 16.0 Å². The molecule has 0 fully saturated rings. The largest absolute Gasteiger partial charge is 0.464 e. The van der Waals surface area contributed by atoms with Crippen LogP contribution in [0.1, 0.15) is 32.2 Å². The summed E-state index contributed by atoms with van der Waals surface area (Å²) in [6.07, 6.45) is 0.438. The van der Waals surface area contributed by atoms with Crippen LogP contribution < -0.4 is 5.56 Å². The number of carbonyl (C=O) groups excluding carboxylic acids is 1. The lowest BCUT2D eigenvalue weighted by atomic mass is 10.0. The molecule has 0 unspecified atom stereocenters. The predicted molar refractivity (Wildman–Crippen MR) is 125 cm³/mol. The number of hydrogen-bond donors (Lipinski definition) is 0. The van der Waals surface area contributed by atoms with E-state index in [1.807, 2.05) is 66.7 Å².